The molecule has 0 bridgehead atoms. The molecule has 0 amide bonds. The predicted molar refractivity (Wildman–Crippen MR) is 107 cm³/mol. The minimum absolute atomic E-state index is 0.0818. The van der Waals surface area contributed by atoms with Gasteiger partial charge in [0.1, 0.15) is 11.5 Å². The van der Waals surface area contributed by atoms with Crippen molar-refractivity contribution in [2.45, 2.75) is 35.7 Å². The first-order valence-corrected chi connectivity index (χ1v) is 10.1. The standard InChI is InChI=1S/C19H18N6S2/c1-19(2,3)16-21-18(27-24-16)26-17-23-22-15(14-11-7-8-12-20-14)25(17)13-9-5-4-6-10-13/h4-12H,1-3H3. The summed E-state index contributed by atoms with van der Waals surface area (Å²) < 4.78 is 7.34. The lowest BCUT2D eigenvalue weighted by Crippen LogP contribution is -2.12. The number of nitrogens with zero attached hydrogens (tertiary/aromatic N) is 6. The molecule has 136 valence electrons. The van der Waals surface area contributed by atoms with Crippen LogP contribution >= 0.6 is 23.3 Å². The zero-order valence-corrected chi connectivity index (χ0v) is 16.8. The van der Waals surface area contributed by atoms with Crippen molar-refractivity contribution in [2.24, 2.45) is 0 Å². The van der Waals surface area contributed by atoms with E-state index in [-0.39, 0.29) is 5.41 Å². The highest BCUT2D eigenvalue weighted by Gasteiger charge is 2.22. The zero-order valence-electron chi connectivity index (χ0n) is 15.2. The molecule has 3 aromatic heterocycles. The Balaban J connectivity index is 1.77. The van der Waals surface area contributed by atoms with Crippen LogP contribution in [0.2, 0.25) is 0 Å². The molecule has 4 aromatic rings. The van der Waals surface area contributed by atoms with Gasteiger partial charge >= 0.3 is 0 Å². The molecule has 4 rings (SSSR count). The highest BCUT2D eigenvalue weighted by atomic mass is 32.2. The summed E-state index contributed by atoms with van der Waals surface area (Å²) in [6.07, 6.45) is 1.76. The van der Waals surface area contributed by atoms with Crippen molar-refractivity contribution in [1.29, 1.82) is 0 Å². The van der Waals surface area contributed by atoms with Crippen molar-refractivity contribution < 1.29 is 0 Å². The lowest BCUT2D eigenvalue weighted by atomic mass is 9.96. The van der Waals surface area contributed by atoms with E-state index in [4.69, 9.17) is 0 Å². The molecule has 8 heteroatoms. The van der Waals surface area contributed by atoms with Crippen LogP contribution < -0.4 is 0 Å². The summed E-state index contributed by atoms with van der Waals surface area (Å²) in [5.74, 6) is 1.54. The number of rotatable bonds is 4. The van der Waals surface area contributed by atoms with E-state index < -0.39 is 0 Å². The maximum atomic E-state index is 4.67. The molecule has 1 aromatic carbocycles. The molecule has 0 spiro atoms. The van der Waals surface area contributed by atoms with Gasteiger partial charge in [0.25, 0.3) is 0 Å². The summed E-state index contributed by atoms with van der Waals surface area (Å²) in [7, 11) is 0. The summed E-state index contributed by atoms with van der Waals surface area (Å²) in [5.41, 5.74) is 1.67. The van der Waals surface area contributed by atoms with E-state index in [2.05, 4.69) is 45.3 Å². The average Bonchev–Trinajstić information content (AvgIpc) is 3.31. The fourth-order valence-electron chi connectivity index (χ4n) is 2.44. The van der Waals surface area contributed by atoms with E-state index in [0.29, 0.717) is 5.82 Å². The third kappa shape index (κ3) is 3.77. The molecule has 0 aliphatic carbocycles. The summed E-state index contributed by atoms with van der Waals surface area (Å²) in [4.78, 5) is 9.10. The summed E-state index contributed by atoms with van der Waals surface area (Å²) in [6, 6.07) is 15.8. The topological polar surface area (TPSA) is 69.4 Å². The second-order valence-corrected chi connectivity index (χ2v) is 8.89. The molecule has 0 fully saturated rings. The molecule has 0 N–H and O–H groups in total. The fourth-order valence-corrected chi connectivity index (χ4v) is 4.18. The molecular weight excluding hydrogens is 376 g/mol. The molecule has 0 radical (unpaired) electrons. The molecule has 0 unspecified atom stereocenters. The Morgan fingerprint density at radius 1 is 0.963 bits per heavy atom. The smallest absolute Gasteiger partial charge is 0.203 e. The first kappa shape index (κ1) is 17.8. The van der Waals surface area contributed by atoms with Crippen molar-refractivity contribution in [2.75, 3.05) is 0 Å². The highest BCUT2D eigenvalue weighted by Crippen LogP contribution is 2.34. The lowest BCUT2D eigenvalue weighted by molar-refractivity contribution is 0.551. The largest absolute Gasteiger partial charge is 0.268 e. The molecule has 0 saturated heterocycles. The van der Waals surface area contributed by atoms with Gasteiger partial charge in [-0.05, 0) is 47.6 Å². The van der Waals surface area contributed by atoms with E-state index in [1.54, 1.807) is 6.20 Å². The molecule has 0 aliphatic rings. The molecular formula is C19H18N6S2. The van der Waals surface area contributed by atoms with Crippen LogP contribution in [0.15, 0.2) is 64.2 Å². The minimum atomic E-state index is -0.0818. The van der Waals surface area contributed by atoms with Crippen LogP contribution in [0, 0.1) is 0 Å². The maximum Gasteiger partial charge on any atom is 0.203 e. The molecule has 0 saturated carbocycles. The Hall–Kier alpha value is -2.58. The summed E-state index contributed by atoms with van der Waals surface area (Å²) in [6.45, 7) is 6.32. The summed E-state index contributed by atoms with van der Waals surface area (Å²) >= 11 is 2.85. The van der Waals surface area contributed by atoms with Gasteiger partial charge in [-0.25, -0.2) is 4.98 Å². The van der Waals surface area contributed by atoms with Gasteiger partial charge in [-0.1, -0.05) is 45.0 Å². The van der Waals surface area contributed by atoms with E-state index in [1.807, 2.05) is 53.1 Å². The van der Waals surface area contributed by atoms with Crippen molar-refractivity contribution in [3.05, 3.63) is 60.6 Å². The molecule has 6 nitrogen and oxygen atoms in total. The molecule has 0 aliphatic heterocycles. The minimum Gasteiger partial charge on any atom is -0.268 e. The Morgan fingerprint density at radius 3 is 2.41 bits per heavy atom. The monoisotopic (exact) mass is 394 g/mol. The fraction of sp³-hybridized carbons (Fsp3) is 0.211. The van der Waals surface area contributed by atoms with Crippen LogP contribution in [0.1, 0.15) is 26.6 Å². The highest BCUT2D eigenvalue weighted by molar-refractivity contribution is 8.00. The Morgan fingerprint density at radius 2 is 1.74 bits per heavy atom. The Kier molecular flexibility index (Phi) is 4.75. The predicted octanol–water partition coefficient (Wildman–Crippen LogP) is 4.63. The van der Waals surface area contributed by atoms with Crippen molar-refractivity contribution in [3.63, 3.8) is 0 Å². The lowest BCUT2D eigenvalue weighted by Gasteiger charge is -2.12. The second kappa shape index (κ2) is 7.21. The van der Waals surface area contributed by atoms with Gasteiger partial charge in [0.2, 0.25) is 5.16 Å². The van der Waals surface area contributed by atoms with Gasteiger partial charge in [-0.15, -0.1) is 10.2 Å². The van der Waals surface area contributed by atoms with Crippen LogP contribution in [-0.4, -0.2) is 29.1 Å². The van der Waals surface area contributed by atoms with E-state index in [9.17, 15) is 0 Å². The zero-order chi connectivity index (χ0) is 18.9. The van der Waals surface area contributed by atoms with Crippen molar-refractivity contribution in [1.82, 2.24) is 29.1 Å². The SMILES string of the molecule is CC(C)(C)c1nsc(Sc2nnc(-c3ccccn3)n2-c2ccccc2)n1. The van der Waals surface area contributed by atoms with Crippen LogP contribution in [0.5, 0.6) is 0 Å². The van der Waals surface area contributed by atoms with Gasteiger partial charge in [0, 0.05) is 17.3 Å². The van der Waals surface area contributed by atoms with Crippen molar-refractivity contribution >= 4 is 23.3 Å². The van der Waals surface area contributed by atoms with E-state index >= 15 is 0 Å². The third-order valence-corrected chi connectivity index (χ3v) is 5.50. The summed E-state index contributed by atoms with van der Waals surface area (Å²) in [5, 5.41) is 9.55. The quantitative estimate of drug-likeness (QED) is 0.503. The number of benzene rings is 1. The van der Waals surface area contributed by atoms with Crippen LogP contribution in [0.25, 0.3) is 17.2 Å². The van der Waals surface area contributed by atoms with Crippen LogP contribution in [-0.2, 0) is 5.41 Å². The normalized spacial score (nSPS) is 11.7. The van der Waals surface area contributed by atoms with Crippen molar-refractivity contribution in [3.8, 4) is 17.2 Å². The van der Waals surface area contributed by atoms with Gasteiger partial charge in [0.15, 0.2) is 10.2 Å². The molecule has 3 heterocycles. The Bertz CT molecular complexity index is 1040. The van der Waals surface area contributed by atoms with Crippen LogP contribution in [0.4, 0.5) is 0 Å². The second-order valence-electron chi connectivity index (χ2n) is 6.93. The number of aromatic nitrogens is 6. The Labute approximate surface area is 165 Å². The van der Waals surface area contributed by atoms with E-state index in [0.717, 1.165) is 26.7 Å². The van der Waals surface area contributed by atoms with Gasteiger partial charge < -0.3 is 0 Å². The number of hydrogen-bond donors (Lipinski definition) is 0. The van der Waals surface area contributed by atoms with Gasteiger partial charge in [-0.3, -0.25) is 9.55 Å². The molecule has 0 atom stereocenters. The number of hydrogen-bond acceptors (Lipinski definition) is 7. The number of pyridine rings is 1. The van der Waals surface area contributed by atoms with Gasteiger partial charge in [-0.2, -0.15) is 4.37 Å². The van der Waals surface area contributed by atoms with Gasteiger partial charge in [0.05, 0.1) is 0 Å². The van der Waals surface area contributed by atoms with E-state index in [1.165, 1.54) is 23.3 Å². The first-order valence-electron chi connectivity index (χ1n) is 8.46. The van der Waals surface area contributed by atoms with Crippen LogP contribution in [0.3, 0.4) is 0 Å². The average molecular weight is 395 g/mol. The number of para-hydroxylation sites is 1. The third-order valence-electron chi connectivity index (χ3n) is 3.80. The first-order chi connectivity index (χ1) is 13.0. The maximum absolute atomic E-state index is 4.67. The molecule has 27 heavy (non-hydrogen) atoms.